The molecule has 1 atom stereocenters. The van der Waals surface area contributed by atoms with Crippen molar-refractivity contribution in [1.29, 1.82) is 0 Å². The van der Waals surface area contributed by atoms with Crippen molar-refractivity contribution in [3.05, 3.63) is 83.2 Å². The van der Waals surface area contributed by atoms with Crippen LogP contribution in [0.2, 0.25) is 0 Å². The maximum absolute atomic E-state index is 12.7. The van der Waals surface area contributed by atoms with E-state index in [0.717, 1.165) is 30.0 Å². The molecule has 2 aromatic carbocycles. The van der Waals surface area contributed by atoms with E-state index in [1.165, 1.54) is 5.56 Å². The van der Waals surface area contributed by atoms with Crippen LogP contribution in [0.1, 0.15) is 60.6 Å². The third kappa shape index (κ3) is 6.15. The number of aryl methyl sites for hydroxylation is 2. The van der Waals surface area contributed by atoms with E-state index in [-0.39, 0.29) is 12.0 Å². The molecule has 5 nitrogen and oxygen atoms in total. The van der Waals surface area contributed by atoms with E-state index in [1.54, 1.807) is 6.07 Å². The maximum atomic E-state index is 12.7. The Bertz CT molecular complexity index is 1020. The summed E-state index contributed by atoms with van der Waals surface area (Å²) in [4.78, 5) is 17.2. The first-order valence-electron chi connectivity index (χ1n) is 10.8. The van der Waals surface area contributed by atoms with Crippen LogP contribution in [-0.4, -0.2) is 17.5 Å². The van der Waals surface area contributed by atoms with Gasteiger partial charge in [0.15, 0.2) is 0 Å². The van der Waals surface area contributed by atoms with Crippen molar-refractivity contribution in [2.24, 2.45) is 0 Å². The van der Waals surface area contributed by atoms with E-state index in [4.69, 9.17) is 9.47 Å². The SMILES string of the molecule is CCCc1cccc(Oc2ccc(NC(=O)c3ccc(C(C)OCC)nc3C)cc2)c1. The van der Waals surface area contributed by atoms with Gasteiger partial charge >= 0.3 is 0 Å². The van der Waals surface area contributed by atoms with Gasteiger partial charge in [0.2, 0.25) is 0 Å². The smallest absolute Gasteiger partial charge is 0.257 e. The minimum atomic E-state index is -0.193. The second-order valence-electron chi connectivity index (χ2n) is 7.44. The van der Waals surface area contributed by atoms with Gasteiger partial charge in [-0.05, 0) is 81.3 Å². The first-order chi connectivity index (χ1) is 15.0. The summed E-state index contributed by atoms with van der Waals surface area (Å²) in [6, 6.07) is 19.1. The number of hydrogen-bond acceptors (Lipinski definition) is 4. The molecule has 3 rings (SSSR count). The first kappa shape index (κ1) is 22.5. The average Bonchev–Trinajstić information content (AvgIpc) is 2.75. The quantitative estimate of drug-likeness (QED) is 0.432. The molecule has 0 aliphatic rings. The van der Waals surface area contributed by atoms with Gasteiger partial charge in [0.05, 0.1) is 23.1 Å². The highest BCUT2D eigenvalue weighted by atomic mass is 16.5. The molecular weight excluding hydrogens is 388 g/mol. The molecule has 0 saturated heterocycles. The van der Waals surface area contributed by atoms with Crippen LogP contribution in [0.25, 0.3) is 0 Å². The number of carbonyl (C=O) groups excluding carboxylic acids is 1. The van der Waals surface area contributed by atoms with Crippen molar-refractivity contribution < 1.29 is 14.3 Å². The molecule has 1 aromatic heterocycles. The molecule has 31 heavy (non-hydrogen) atoms. The number of anilines is 1. The Morgan fingerprint density at radius 3 is 2.48 bits per heavy atom. The molecule has 0 fully saturated rings. The van der Waals surface area contributed by atoms with Gasteiger partial charge < -0.3 is 14.8 Å². The Morgan fingerprint density at radius 1 is 1.03 bits per heavy atom. The fourth-order valence-electron chi connectivity index (χ4n) is 3.38. The van der Waals surface area contributed by atoms with Gasteiger partial charge in [0, 0.05) is 12.3 Å². The molecule has 1 N–H and O–H groups in total. The summed E-state index contributed by atoms with van der Waals surface area (Å²) in [6.07, 6.45) is 2.03. The molecule has 0 bridgehead atoms. The van der Waals surface area contributed by atoms with Gasteiger partial charge in [-0.25, -0.2) is 0 Å². The number of carbonyl (C=O) groups is 1. The highest BCUT2D eigenvalue weighted by Crippen LogP contribution is 2.25. The highest BCUT2D eigenvalue weighted by Gasteiger charge is 2.14. The van der Waals surface area contributed by atoms with E-state index in [1.807, 2.05) is 63.2 Å². The van der Waals surface area contributed by atoms with E-state index in [2.05, 4.69) is 29.4 Å². The molecule has 0 saturated carbocycles. The molecule has 0 aliphatic heterocycles. The Kier molecular flexibility index (Phi) is 7.79. The fraction of sp³-hybridized carbons (Fsp3) is 0.308. The van der Waals surface area contributed by atoms with E-state index in [0.29, 0.717) is 23.6 Å². The van der Waals surface area contributed by atoms with Crippen molar-refractivity contribution in [2.75, 3.05) is 11.9 Å². The Labute approximate surface area is 184 Å². The summed E-state index contributed by atoms with van der Waals surface area (Å²) in [5, 5.41) is 2.92. The molecule has 0 aliphatic carbocycles. The van der Waals surface area contributed by atoms with Gasteiger partial charge in [-0.2, -0.15) is 0 Å². The van der Waals surface area contributed by atoms with Crippen molar-refractivity contribution in [3.63, 3.8) is 0 Å². The van der Waals surface area contributed by atoms with Crippen LogP contribution in [0, 0.1) is 6.92 Å². The van der Waals surface area contributed by atoms with Crippen LogP contribution >= 0.6 is 0 Å². The summed E-state index contributed by atoms with van der Waals surface area (Å²) in [5.74, 6) is 1.34. The molecular formula is C26H30N2O3. The zero-order valence-corrected chi connectivity index (χ0v) is 18.6. The third-order valence-electron chi connectivity index (χ3n) is 4.97. The van der Waals surface area contributed by atoms with Gasteiger partial charge in [0.25, 0.3) is 5.91 Å². The predicted molar refractivity (Wildman–Crippen MR) is 124 cm³/mol. The van der Waals surface area contributed by atoms with E-state index < -0.39 is 0 Å². The lowest BCUT2D eigenvalue weighted by Gasteiger charge is -2.14. The number of rotatable bonds is 9. The van der Waals surface area contributed by atoms with Crippen molar-refractivity contribution >= 4 is 11.6 Å². The zero-order valence-electron chi connectivity index (χ0n) is 18.6. The van der Waals surface area contributed by atoms with E-state index >= 15 is 0 Å². The Morgan fingerprint density at radius 2 is 1.81 bits per heavy atom. The first-order valence-corrected chi connectivity index (χ1v) is 10.8. The largest absolute Gasteiger partial charge is 0.457 e. The van der Waals surface area contributed by atoms with Crippen LogP contribution in [0.4, 0.5) is 5.69 Å². The molecule has 1 amide bonds. The number of pyridine rings is 1. The lowest BCUT2D eigenvalue weighted by Crippen LogP contribution is -2.15. The number of amides is 1. The summed E-state index contributed by atoms with van der Waals surface area (Å²) >= 11 is 0. The summed E-state index contributed by atoms with van der Waals surface area (Å²) in [5.41, 5.74) is 3.99. The van der Waals surface area contributed by atoms with Crippen LogP contribution in [-0.2, 0) is 11.2 Å². The Balaban J connectivity index is 1.64. The van der Waals surface area contributed by atoms with E-state index in [9.17, 15) is 4.79 Å². The van der Waals surface area contributed by atoms with Gasteiger partial charge in [-0.3, -0.25) is 9.78 Å². The van der Waals surface area contributed by atoms with Crippen LogP contribution in [0.5, 0.6) is 11.5 Å². The monoisotopic (exact) mass is 418 g/mol. The van der Waals surface area contributed by atoms with Crippen molar-refractivity contribution in [1.82, 2.24) is 4.98 Å². The molecule has 3 aromatic rings. The van der Waals surface area contributed by atoms with Crippen molar-refractivity contribution in [3.8, 4) is 11.5 Å². The lowest BCUT2D eigenvalue weighted by atomic mass is 10.1. The van der Waals surface area contributed by atoms with Gasteiger partial charge in [-0.1, -0.05) is 25.5 Å². The number of hydrogen-bond donors (Lipinski definition) is 1. The normalized spacial score (nSPS) is 11.7. The second kappa shape index (κ2) is 10.7. The van der Waals surface area contributed by atoms with Crippen LogP contribution in [0.15, 0.2) is 60.7 Å². The topological polar surface area (TPSA) is 60.5 Å². The van der Waals surface area contributed by atoms with Crippen molar-refractivity contribution in [2.45, 2.75) is 46.6 Å². The second-order valence-corrected chi connectivity index (χ2v) is 7.44. The number of aromatic nitrogens is 1. The molecule has 1 heterocycles. The molecule has 0 radical (unpaired) electrons. The molecule has 5 heteroatoms. The van der Waals surface area contributed by atoms with Gasteiger partial charge in [-0.15, -0.1) is 0 Å². The number of nitrogens with zero attached hydrogens (tertiary/aromatic N) is 1. The molecule has 162 valence electrons. The number of benzene rings is 2. The average molecular weight is 419 g/mol. The highest BCUT2D eigenvalue weighted by molar-refractivity contribution is 6.05. The summed E-state index contributed by atoms with van der Waals surface area (Å²) in [7, 11) is 0. The van der Waals surface area contributed by atoms with Gasteiger partial charge in [0.1, 0.15) is 11.5 Å². The standard InChI is InChI=1S/C26H30N2O3/c1-5-8-20-9-7-10-23(17-20)31-22-13-11-21(12-14-22)28-26(29)24-15-16-25(27-18(24)3)19(4)30-6-2/h7,9-17,19H,5-6,8H2,1-4H3,(H,28,29). The van der Waals surface area contributed by atoms with Crippen LogP contribution < -0.4 is 10.1 Å². The summed E-state index contributed by atoms with van der Waals surface area (Å²) in [6.45, 7) is 8.52. The molecule has 0 spiro atoms. The maximum Gasteiger partial charge on any atom is 0.257 e. The Hall–Kier alpha value is -3.18. The predicted octanol–water partition coefficient (Wildman–Crippen LogP) is 6.48. The lowest BCUT2D eigenvalue weighted by molar-refractivity contribution is 0.0732. The van der Waals surface area contributed by atoms with Crippen LogP contribution in [0.3, 0.4) is 0 Å². The summed E-state index contributed by atoms with van der Waals surface area (Å²) < 4.78 is 11.5. The number of ether oxygens (including phenoxy) is 2. The third-order valence-corrected chi connectivity index (χ3v) is 4.97. The minimum absolute atomic E-state index is 0.101. The zero-order chi connectivity index (χ0) is 22.2. The fourth-order valence-corrected chi connectivity index (χ4v) is 3.38. The minimum Gasteiger partial charge on any atom is -0.457 e. The number of nitrogens with one attached hydrogen (secondary N) is 1. The molecule has 1 unspecified atom stereocenters.